The Morgan fingerprint density at radius 1 is 1.28 bits per heavy atom. The second-order valence-electron chi connectivity index (χ2n) is 6.77. The molecule has 2 aliphatic rings. The Kier molecular flexibility index (Phi) is 5.71. The zero-order valence-corrected chi connectivity index (χ0v) is 14.3. The van der Waals surface area contributed by atoms with Crippen LogP contribution in [-0.4, -0.2) is 64.8 Å². The van der Waals surface area contributed by atoms with Crippen LogP contribution in [0, 0.1) is 17.2 Å². The largest absolute Gasteiger partial charge is 0.492 e. The Balaban J connectivity index is 1.42. The van der Waals surface area contributed by atoms with Crippen LogP contribution in [0.25, 0.3) is 0 Å². The van der Waals surface area contributed by atoms with Gasteiger partial charge in [0.05, 0.1) is 6.61 Å². The maximum atomic E-state index is 11.0. The summed E-state index contributed by atoms with van der Waals surface area (Å²) in [6.45, 7) is 3.52. The number of hydrogen-bond donors (Lipinski definition) is 1. The van der Waals surface area contributed by atoms with E-state index in [1.165, 1.54) is 11.1 Å². The van der Waals surface area contributed by atoms with Crippen molar-refractivity contribution in [2.75, 3.05) is 32.8 Å². The standard InChI is InChI=1S/C18H24N4O3/c19-11-15-12-20-6-5-17(15)25-13-14-1-3-16(4-2-14)21-7-9-22(10-8-21)18(23)24/h5-6,12,14,16H,1-4,7-10,13H2,(H,23,24)/t14-,16-. The molecule has 0 spiro atoms. The van der Waals surface area contributed by atoms with Crippen molar-refractivity contribution in [3.05, 3.63) is 24.0 Å². The van der Waals surface area contributed by atoms with E-state index in [-0.39, 0.29) is 0 Å². The molecule has 2 fully saturated rings. The SMILES string of the molecule is N#Cc1cnccc1OC[C@H]1CC[C@H](N2CCN(C(=O)O)CC2)CC1. The number of carbonyl (C=O) groups is 1. The lowest BCUT2D eigenvalue weighted by atomic mass is 9.85. The number of nitrogens with zero attached hydrogens (tertiary/aromatic N) is 4. The fourth-order valence-electron chi connectivity index (χ4n) is 3.75. The lowest BCUT2D eigenvalue weighted by Gasteiger charge is -2.41. The molecule has 7 nitrogen and oxygen atoms in total. The third-order valence-corrected chi connectivity index (χ3v) is 5.29. The monoisotopic (exact) mass is 344 g/mol. The predicted molar refractivity (Wildman–Crippen MR) is 91.4 cm³/mol. The number of piperazine rings is 1. The molecule has 25 heavy (non-hydrogen) atoms. The molecule has 2 heterocycles. The van der Waals surface area contributed by atoms with Crippen LogP contribution in [0.2, 0.25) is 0 Å². The molecule has 1 saturated heterocycles. The lowest BCUT2D eigenvalue weighted by Crippen LogP contribution is -2.52. The summed E-state index contributed by atoms with van der Waals surface area (Å²) in [4.78, 5) is 18.9. The zero-order valence-electron chi connectivity index (χ0n) is 14.3. The van der Waals surface area contributed by atoms with Crippen molar-refractivity contribution in [2.24, 2.45) is 5.92 Å². The summed E-state index contributed by atoms with van der Waals surface area (Å²) in [5, 5.41) is 18.1. The average molecular weight is 344 g/mol. The van der Waals surface area contributed by atoms with E-state index in [2.05, 4.69) is 16.0 Å². The van der Waals surface area contributed by atoms with Gasteiger partial charge in [0, 0.05) is 44.6 Å². The van der Waals surface area contributed by atoms with E-state index < -0.39 is 6.09 Å². The number of pyridine rings is 1. The maximum Gasteiger partial charge on any atom is 0.407 e. The molecule has 1 N–H and O–H groups in total. The smallest absolute Gasteiger partial charge is 0.407 e. The lowest BCUT2D eigenvalue weighted by molar-refractivity contribution is 0.0618. The molecule has 0 aromatic carbocycles. The number of aromatic nitrogens is 1. The summed E-state index contributed by atoms with van der Waals surface area (Å²) in [6.07, 6.45) is 6.83. The first-order valence-corrected chi connectivity index (χ1v) is 8.86. The summed E-state index contributed by atoms with van der Waals surface area (Å²) in [6, 6.07) is 4.41. The Morgan fingerprint density at radius 2 is 2.00 bits per heavy atom. The molecule has 1 aromatic heterocycles. The van der Waals surface area contributed by atoms with Crippen molar-refractivity contribution in [1.29, 1.82) is 5.26 Å². The van der Waals surface area contributed by atoms with E-state index in [4.69, 9.17) is 15.1 Å². The van der Waals surface area contributed by atoms with Crippen molar-refractivity contribution in [1.82, 2.24) is 14.8 Å². The third-order valence-electron chi connectivity index (χ3n) is 5.29. The van der Waals surface area contributed by atoms with E-state index >= 15 is 0 Å². The van der Waals surface area contributed by atoms with E-state index in [9.17, 15) is 4.79 Å². The summed E-state index contributed by atoms with van der Waals surface area (Å²) in [5.74, 6) is 1.13. The van der Waals surface area contributed by atoms with Gasteiger partial charge >= 0.3 is 6.09 Å². The highest BCUT2D eigenvalue weighted by molar-refractivity contribution is 5.65. The fourth-order valence-corrected chi connectivity index (χ4v) is 3.75. The van der Waals surface area contributed by atoms with Gasteiger partial charge in [-0.3, -0.25) is 9.88 Å². The molecule has 0 unspecified atom stereocenters. The molecule has 1 aliphatic carbocycles. The first-order chi connectivity index (χ1) is 12.2. The van der Waals surface area contributed by atoms with Gasteiger partial charge in [-0.25, -0.2) is 4.79 Å². The Bertz CT molecular complexity index is 629. The summed E-state index contributed by atoms with van der Waals surface area (Å²) < 4.78 is 5.84. The first kappa shape index (κ1) is 17.5. The van der Waals surface area contributed by atoms with Crippen molar-refractivity contribution >= 4 is 6.09 Å². The van der Waals surface area contributed by atoms with Gasteiger partial charge in [0.1, 0.15) is 17.4 Å². The number of rotatable bonds is 4. The normalized spacial score (nSPS) is 24.5. The predicted octanol–water partition coefficient (Wildman–Crippen LogP) is 2.19. The van der Waals surface area contributed by atoms with E-state index in [1.54, 1.807) is 12.3 Å². The molecule has 0 radical (unpaired) electrons. The first-order valence-electron chi connectivity index (χ1n) is 8.86. The molecule has 134 valence electrons. The van der Waals surface area contributed by atoms with Crippen molar-refractivity contribution in [3.8, 4) is 11.8 Å². The van der Waals surface area contributed by atoms with Crippen LogP contribution in [-0.2, 0) is 0 Å². The minimum atomic E-state index is -0.812. The fraction of sp³-hybridized carbons (Fsp3) is 0.611. The number of carboxylic acid groups (broad SMARTS) is 1. The van der Waals surface area contributed by atoms with Crippen LogP contribution in [0.4, 0.5) is 4.79 Å². The summed E-state index contributed by atoms with van der Waals surface area (Å²) in [5.41, 5.74) is 0.479. The number of ether oxygens (including phenoxy) is 1. The Labute approximate surface area is 147 Å². The molecule has 3 rings (SSSR count). The van der Waals surface area contributed by atoms with E-state index in [1.807, 2.05) is 0 Å². The number of hydrogen-bond acceptors (Lipinski definition) is 5. The molecule has 1 aliphatic heterocycles. The topological polar surface area (TPSA) is 89.7 Å². The highest BCUT2D eigenvalue weighted by atomic mass is 16.5. The van der Waals surface area contributed by atoms with Crippen LogP contribution in [0.15, 0.2) is 18.5 Å². The maximum absolute atomic E-state index is 11.0. The Hall–Kier alpha value is -2.33. The number of nitriles is 1. The molecule has 0 atom stereocenters. The molecule has 7 heteroatoms. The van der Waals surface area contributed by atoms with Gasteiger partial charge in [0.15, 0.2) is 0 Å². The highest BCUT2D eigenvalue weighted by Gasteiger charge is 2.29. The summed E-state index contributed by atoms with van der Waals surface area (Å²) in [7, 11) is 0. The van der Waals surface area contributed by atoms with Crippen molar-refractivity contribution in [3.63, 3.8) is 0 Å². The zero-order chi connectivity index (χ0) is 17.6. The molecular weight excluding hydrogens is 320 g/mol. The van der Waals surface area contributed by atoms with Gasteiger partial charge in [0.2, 0.25) is 0 Å². The van der Waals surface area contributed by atoms with Gasteiger partial charge in [-0.1, -0.05) is 0 Å². The van der Waals surface area contributed by atoms with Crippen molar-refractivity contribution < 1.29 is 14.6 Å². The summed E-state index contributed by atoms with van der Waals surface area (Å²) >= 11 is 0. The Morgan fingerprint density at radius 3 is 2.64 bits per heavy atom. The van der Waals surface area contributed by atoms with Gasteiger partial charge in [-0.2, -0.15) is 5.26 Å². The molecular formula is C18H24N4O3. The quantitative estimate of drug-likeness (QED) is 0.900. The highest BCUT2D eigenvalue weighted by Crippen LogP contribution is 2.29. The van der Waals surface area contributed by atoms with Gasteiger partial charge in [-0.05, 0) is 37.7 Å². The van der Waals surface area contributed by atoms with Crippen LogP contribution < -0.4 is 4.74 Å². The van der Waals surface area contributed by atoms with Crippen LogP contribution >= 0.6 is 0 Å². The molecule has 1 saturated carbocycles. The second-order valence-corrected chi connectivity index (χ2v) is 6.77. The van der Waals surface area contributed by atoms with Crippen molar-refractivity contribution in [2.45, 2.75) is 31.7 Å². The van der Waals surface area contributed by atoms with E-state index in [0.29, 0.717) is 43.0 Å². The number of amides is 1. The van der Waals surface area contributed by atoms with Crippen LogP contribution in [0.5, 0.6) is 5.75 Å². The van der Waals surface area contributed by atoms with Crippen LogP contribution in [0.1, 0.15) is 31.2 Å². The molecule has 1 amide bonds. The van der Waals surface area contributed by atoms with Gasteiger partial charge in [-0.15, -0.1) is 0 Å². The van der Waals surface area contributed by atoms with Gasteiger partial charge in [0.25, 0.3) is 0 Å². The van der Waals surface area contributed by atoms with E-state index in [0.717, 1.165) is 38.8 Å². The second kappa shape index (κ2) is 8.17. The van der Waals surface area contributed by atoms with Crippen LogP contribution in [0.3, 0.4) is 0 Å². The minimum Gasteiger partial charge on any atom is -0.492 e. The molecule has 0 bridgehead atoms. The third kappa shape index (κ3) is 4.40. The van der Waals surface area contributed by atoms with Gasteiger partial charge < -0.3 is 14.7 Å². The average Bonchev–Trinajstić information content (AvgIpc) is 2.67. The molecule has 1 aromatic rings. The minimum absolute atomic E-state index is 0.479.